The van der Waals surface area contributed by atoms with Crippen LogP contribution in [0.4, 0.5) is 0 Å². The highest BCUT2D eigenvalue weighted by Crippen LogP contribution is 2.44. The lowest BCUT2D eigenvalue weighted by Gasteiger charge is -2.11. The van der Waals surface area contributed by atoms with E-state index in [2.05, 4.69) is 19.5 Å². The van der Waals surface area contributed by atoms with Crippen molar-refractivity contribution in [3.63, 3.8) is 0 Å². The number of hydrogen-bond acceptors (Lipinski definition) is 4. The van der Waals surface area contributed by atoms with E-state index < -0.39 is 10.0 Å². The number of benzene rings is 1. The highest BCUT2D eigenvalue weighted by molar-refractivity contribution is 7.89. The third-order valence-electron chi connectivity index (χ3n) is 4.69. The van der Waals surface area contributed by atoms with Crippen molar-refractivity contribution in [3.05, 3.63) is 41.0 Å². The molecule has 1 N–H and O–H groups in total. The van der Waals surface area contributed by atoms with Crippen LogP contribution < -0.4 is 4.72 Å². The van der Waals surface area contributed by atoms with Crippen LogP contribution >= 0.6 is 0 Å². The van der Waals surface area contributed by atoms with Crippen LogP contribution in [-0.2, 0) is 16.6 Å². The molecule has 2 aromatic rings. The molecular formula is C17H22N4O2S. The summed E-state index contributed by atoms with van der Waals surface area (Å²) in [5.74, 6) is 2.29. The van der Waals surface area contributed by atoms with Gasteiger partial charge in [-0.2, -0.15) is 0 Å². The molecule has 4 rings (SSSR count). The smallest absolute Gasteiger partial charge is 0.241 e. The average molecular weight is 346 g/mol. The molecule has 24 heavy (non-hydrogen) atoms. The molecule has 1 aromatic carbocycles. The van der Waals surface area contributed by atoms with E-state index in [1.54, 1.807) is 6.07 Å². The van der Waals surface area contributed by atoms with E-state index in [0.717, 1.165) is 35.6 Å². The Balaban J connectivity index is 1.56. The van der Waals surface area contributed by atoms with Crippen LogP contribution in [0.1, 0.15) is 60.4 Å². The summed E-state index contributed by atoms with van der Waals surface area (Å²) in [6.45, 7) is 3.96. The van der Waals surface area contributed by atoms with Crippen molar-refractivity contribution in [1.29, 1.82) is 0 Å². The molecule has 2 fully saturated rings. The zero-order valence-corrected chi connectivity index (χ0v) is 14.8. The van der Waals surface area contributed by atoms with E-state index in [9.17, 15) is 8.42 Å². The Morgan fingerprint density at radius 2 is 1.92 bits per heavy atom. The molecule has 2 aliphatic carbocycles. The maximum Gasteiger partial charge on any atom is 0.241 e. The van der Waals surface area contributed by atoms with E-state index in [1.807, 2.05) is 26.0 Å². The fourth-order valence-corrected chi connectivity index (χ4v) is 4.35. The maximum atomic E-state index is 12.6. The summed E-state index contributed by atoms with van der Waals surface area (Å²) in [6, 6.07) is 5.82. The number of hydrogen-bond donors (Lipinski definition) is 1. The first-order valence-electron chi connectivity index (χ1n) is 8.46. The van der Waals surface area contributed by atoms with E-state index >= 15 is 0 Å². The van der Waals surface area contributed by atoms with Gasteiger partial charge in [0.1, 0.15) is 11.6 Å². The first-order valence-corrected chi connectivity index (χ1v) is 9.94. The lowest BCUT2D eigenvalue weighted by atomic mass is 10.2. The Bertz CT molecular complexity index is 880. The van der Waals surface area contributed by atoms with Crippen LogP contribution in [0.2, 0.25) is 0 Å². The van der Waals surface area contributed by atoms with Crippen molar-refractivity contribution < 1.29 is 8.42 Å². The Labute approximate surface area is 142 Å². The minimum atomic E-state index is -3.55. The van der Waals surface area contributed by atoms with Crippen molar-refractivity contribution in [3.8, 4) is 0 Å². The van der Waals surface area contributed by atoms with Gasteiger partial charge in [-0.3, -0.25) is 0 Å². The molecule has 0 bridgehead atoms. The fourth-order valence-electron chi connectivity index (χ4n) is 3.15. The first-order chi connectivity index (χ1) is 11.5. The van der Waals surface area contributed by atoms with Crippen molar-refractivity contribution in [1.82, 2.24) is 19.5 Å². The largest absolute Gasteiger partial charge is 0.311 e. The molecule has 0 amide bonds. The second kappa shape index (κ2) is 5.67. The number of nitrogens with zero attached hydrogens (tertiary/aromatic N) is 3. The van der Waals surface area contributed by atoms with E-state index in [4.69, 9.17) is 0 Å². The molecule has 2 saturated carbocycles. The lowest BCUT2D eigenvalue weighted by molar-refractivity contribution is 0.571. The number of aromatic nitrogens is 3. The van der Waals surface area contributed by atoms with Gasteiger partial charge in [0.2, 0.25) is 10.0 Å². The second-order valence-corrected chi connectivity index (χ2v) is 8.68. The van der Waals surface area contributed by atoms with E-state index in [-0.39, 0.29) is 6.54 Å². The molecule has 0 saturated heterocycles. The molecule has 0 spiro atoms. The van der Waals surface area contributed by atoms with Crippen molar-refractivity contribution in [2.75, 3.05) is 0 Å². The zero-order valence-electron chi connectivity index (χ0n) is 14.0. The Morgan fingerprint density at radius 1 is 1.17 bits per heavy atom. The summed E-state index contributed by atoms with van der Waals surface area (Å²) in [4.78, 5) is 0.327. The van der Waals surface area contributed by atoms with Crippen molar-refractivity contribution in [2.24, 2.45) is 0 Å². The standard InChI is InChI=1S/C17H22N4O2S/c1-11-3-8-15(12(2)9-11)24(22,23)18-10-16-19-20-17(13-4-5-13)21(16)14-6-7-14/h3,8-9,13-14,18H,4-7,10H2,1-2H3. The van der Waals surface area contributed by atoms with Gasteiger partial charge in [-0.25, -0.2) is 13.1 Å². The predicted octanol–water partition coefficient (Wildman–Crippen LogP) is 2.59. The van der Waals surface area contributed by atoms with Gasteiger partial charge in [0.15, 0.2) is 0 Å². The predicted molar refractivity (Wildman–Crippen MR) is 90.2 cm³/mol. The molecule has 1 heterocycles. The van der Waals surface area contributed by atoms with Gasteiger partial charge in [-0.1, -0.05) is 17.7 Å². The van der Waals surface area contributed by atoms with Crippen LogP contribution in [0.5, 0.6) is 0 Å². The average Bonchev–Trinajstić information content (AvgIpc) is 3.43. The van der Waals surface area contributed by atoms with E-state index in [0.29, 0.717) is 16.9 Å². The molecule has 2 aliphatic rings. The molecule has 1 aromatic heterocycles. The third kappa shape index (κ3) is 2.98. The van der Waals surface area contributed by atoms with Gasteiger partial charge in [0.05, 0.1) is 11.4 Å². The first kappa shape index (κ1) is 15.8. The summed E-state index contributed by atoms with van der Waals surface area (Å²) < 4.78 is 30.1. The summed E-state index contributed by atoms with van der Waals surface area (Å²) in [5, 5.41) is 8.58. The summed E-state index contributed by atoms with van der Waals surface area (Å²) in [5.41, 5.74) is 1.80. The third-order valence-corrected chi connectivity index (χ3v) is 6.25. The second-order valence-electron chi connectivity index (χ2n) is 6.94. The lowest BCUT2D eigenvalue weighted by Crippen LogP contribution is -2.26. The van der Waals surface area contributed by atoms with Gasteiger partial charge in [0, 0.05) is 12.0 Å². The molecule has 6 nitrogen and oxygen atoms in total. The Kier molecular flexibility index (Phi) is 3.73. The topological polar surface area (TPSA) is 76.9 Å². The maximum absolute atomic E-state index is 12.6. The molecule has 128 valence electrons. The zero-order chi connectivity index (χ0) is 16.9. The van der Waals surface area contributed by atoms with Gasteiger partial charge in [-0.15, -0.1) is 10.2 Å². The molecule has 0 unspecified atom stereocenters. The SMILES string of the molecule is Cc1ccc(S(=O)(=O)NCc2nnc(C3CC3)n2C2CC2)c(C)c1. The quantitative estimate of drug-likeness (QED) is 0.872. The van der Waals surface area contributed by atoms with Crippen molar-refractivity contribution in [2.45, 2.75) is 62.9 Å². The van der Waals surface area contributed by atoms with Gasteiger partial charge in [-0.05, 0) is 51.2 Å². The van der Waals surface area contributed by atoms with Crippen LogP contribution in [-0.4, -0.2) is 23.2 Å². The Morgan fingerprint density at radius 3 is 2.54 bits per heavy atom. The van der Waals surface area contributed by atoms with Crippen LogP contribution in [0.15, 0.2) is 23.1 Å². The molecule has 0 atom stereocenters. The summed E-state index contributed by atoms with van der Waals surface area (Å²) in [7, 11) is -3.55. The highest BCUT2D eigenvalue weighted by Gasteiger charge is 2.36. The fraction of sp³-hybridized carbons (Fsp3) is 0.529. The van der Waals surface area contributed by atoms with Gasteiger partial charge >= 0.3 is 0 Å². The number of rotatable bonds is 6. The minimum absolute atomic E-state index is 0.186. The summed E-state index contributed by atoms with van der Waals surface area (Å²) in [6.07, 6.45) is 4.60. The molecular weight excluding hydrogens is 324 g/mol. The highest BCUT2D eigenvalue weighted by atomic mass is 32.2. The summed E-state index contributed by atoms with van der Waals surface area (Å²) >= 11 is 0. The molecule has 7 heteroatoms. The van der Waals surface area contributed by atoms with Crippen LogP contribution in [0.3, 0.4) is 0 Å². The number of sulfonamides is 1. The molecule has 0 radical (unpaired) electrons. The van der Waals surface area contributed by atoms with Crippen molar-refractivity contribution >= 4 is 10.0 Å². The van der Waals surface area contributed by atoms with E-state index in [1.165, 1.54) is 12.8 Å². The molecule has 0 aliphatic heterocycles. The number of nitrogens with one attached hydrogen (secondary N) is 1. The Hall–Kier alpha value is -1.73. The monoisotopic (exact) mass is 346 g/mol. The van der Waals surface area contributed by atoms with Gasteiger partial charge in [0.25, 0.3) is 0 Å². The van der Waals surface area contributed by atoms with Gasteiger partial charge < -0.3 is 4.57 Å². The minimum Gasteiger partial charge on any atom is -0.311 e. The number of aryl methyl sites for hydroxylation is 2. The van der Waals surface area contributed by atoms with Crippen LogP contribution in [0, 0.1) is 13.8 Å². The van der Waals surface area contributed by atoms with Crippen LogP contribution in [0.25, 0.3) is 0 Å². The normalized spacial score (nSPS) is 18.1.